The molecule has 2 heterocycles. The summed E-state index contributed by atoms with van der Waals surface area (Å²) < 4.78 is 0. The van der Waals surface area contributed by atoms with Crippen molar-refractivity contribution in [3.05, 3.63) is 71.9 Å². The van der Waals surface area contributed by atoms with Crippen LogP contribution in [0.2, 0.25) is 0 Å². The summed E-state index contributed by atoms with van der Waals surface area (Å²) in [6.07, 6.45) is 8.38. The highest BCUT2D eigenvalue weighted by Gasteiger charge is 2.24. The van der Waals surface area contributed by atoms with Crippen LogP contribution in [-0.2, 0) is 6.42 Å². The molecule has 3 aromatic rings. The van der Waals surface area contributed by atoms with Crippen molar-refractivity contribution in [2.24, 2.45) is 0 Å². The van der Waals surface area contributed by atoms with Crippen LogP contribution in [0.3, 0.4) is 0 Å². The summed E-state index contributed by atoms with van der Waals surface area (Å²) in [5.74, 6) is 0.244. The number of carboxylic acids is 1. The maximum absolute atomic E-state index is 11.4. The molecule has 2 N–H and O–H groups in total. The molecule has 0 saturated carbocycles. The standard InChI is InChI=1S/C21H21N5O2/c1-26(20-7-9-23-13-25-20)16-4-5-17-14(10-16)2-3-15(17)11-24-19-12-22-8-6-18(19)21(27)28/h4-10,12-13,15,24H,2-3,11H2,1H3,(H,27,28)/t15-/m0/s1. The fraction of sp³-hybridized carbons (Fsp3) is 0.238. The molecule has 1 aliphatic carbocycles. The summed E-state index contributed by atoms with van der Waals surface area (Å²) in [6.45, 7) is 0.681. The van der Waals surface area contributed by atoms with Crippen molar-refractivity contribution in [2.45, 2.75) is 18.8 Å². The van der Waals surface area contributed by atoms with Gasteiger partial charge in [-0.3, -0.25) is 4.98 Å². The van der Waals surface area contributed by atoms with Gasteiger partial charge in [0.05, 0.1) is 17.4 Å². The molecule has 0 saturated heterocycles. The zero-order valence-corrected chi connectivity index (χ0v) is 15.5. The molecule has 0 radical (unpaired) electrons. The number of pyridine rings is 1. The van der Waals surface area contributed by atoms with E-state index in [-0.39, 0.29) is 5.56 Å². The van der Waals surface area contributed by atoms with Gasteiger partial charge in [0, 0.05) is 37.6 Å². The van der Waals surface area contributed by atoms with Crippen molar-refractivity contribution < 1.29 is 9.90 Å². The lowest BCUT2D eigenvalue weighted by atomic mass is 10.0. The number of nitrogens with zero attached hydrogens (tertiary/aromatic N) is 4. The van der Waals surface area contributed by atoms with E-state index in [0.29, 0.717) is 18.2 Å². The lowest BCUT2D eigenvalue weighted by Gasteiger charge is -2.20. The molecule has 0 amide bonds. The van der Waals surface area contributed by atoms with Gasteiger partial charge in [0.1, 0.15) is 12.1 Å². The van der Waals surface area contributed by atoms with Crippen LogP contribution in [-0.4, -0.2) is 39.6 Å². The van der Waals surface area contributed by atoms with E-state index < -0.39 is 5.97 Å². The number of aryl methyl sites for hydroxylation is 1. The van der Waals surface area contributed by atoms with Gasteiger partial charge in [0.25, 0.3) is 0 Å². The zero-order chi connectivity index (χ0) is 19.5. The highest BCUT2D eigenvalue weighted by Crippen LogP contribution is 2.36. The fourth-order valence-electron chi connectivity index (χ4n) is 3.68. The molecule has 0 spiro atoms. The first kappa shape index (κ1) is 17.9. The minimum Gasteiger partial charge on any atom is -0.478 e. The minimum absolute atomic E-state index is 0.245. The summed E-state index contributed by atoms with van der Waals surface area (Å²) in [5.41, 5.74) is 4.54. The molecule has 1 aromatic carbocycles. The summed E-state index contributed by atoms with van der Waals surface area (Å²) in [5, 5.41) is 12.6. The number of hydrogen-bond acceptors (Lipinski definition) is 6. The SMILES string of the molecule is CN(c1ccc2c(c1)CC[C@H]2CNc1cnccc1C(=O)O)c1ccncn1. The third-order valence-electron chi connectivity index (χ3n) is 5.22. The van der Waals surface area contributed by atoms with Crippen LogP contribution in [0.4, 0.5) is 17.2 Å². The number of fused-ring (bicyclic) bond motifs is 1. The molecule has 7 heteroatoms. The summed E-state index contributed by atoms with van der Waals surface area (Å²) in [4.78, 5) is 25.7. The van der Waals surface area contributed by atoms with Crippen LogP contribution in [0.1, 0.15) is 33.8 Å². The first-order chi connectivity index (χ1) is 13.6. The lowest BCUT2D eigenvalue weighted by molar-refractivity contribution is 0.0698. The van der Waals surface area contributed by atoms with Gasteiger partial charge in [-0.25, -0.2) is 14.8 Å². The summed E-state index contributed by atoms with van der Waals surface area (Å²) in [6, 6.07) is 9.88. The Kier molecular flexibility index (Phi) is 4.89. The van der Waals surface area contributed by atoms with Crippen LogP contribution in [0, 0.1) is 0 Å². The molecular weight excluding hydrogens is 354 g/mol. The monoisotopic (exact) mass is 375 g/mol. The Balaban J connectivity index is 1.49. The second-order valence-corrected chi connectivity index (χ2v) is 6.85. The van der Waals surface area contributed by atoms with Gasteiger partial charge in [-0.1, -0.05) is 6.07 Å². The molecule has 0 bridgehead atoms. The topological polar surface area (TPSA) is 91.2 Å². The van der Waals surface area contributed by atoms with E-state index in [0.717, 1.165) is 24.3 Å². The molecule has 7 nitrogen and oxygen atoms in total. The third kappa shape index (κ3) is 3.51. The van der Waals surface area contributed by atoms with Crippen molar-refractivity contribution in [1.29, 1.82) is 0 Å². The average Bonchev–Trinajstić information content (AvgIpc) is 3.14. The van der Waals surface area contributed by atoms with Crippen LogP contribution in [0.15, 0.2) is 55.2 Å². The van der Waals surface area contributed by atoms with Crippen molar-refractivity contribution in [3.63, 3.8) is 0 Å². The number of aromatic nitrogens is 3. The highest BCUT2D eigenvalue weighted by atomic mass is 16.4. The molecule has 142 valence electrons. The number of nitrogens with one attached hydrogen (secondary N) is 1. The molecular formula is C21H21N5O2. The lowest BCUT2D eigenvalue weighted by Crippen LogP contribution is -2.14. The van der Waals surface area contributed by atoms with Crippen molar-refractivity contribution >= 4 is 23.2 Å². The molecule has 0 fully saturated rings. The molecule has 2 aromatic heterocycles. The van der Waals surface area contributed by atoms with Gasteiger partial charge >= 0.3 is 5.97 Å². The smallest absolute Gasteiger partial charge is 0.337 e. The number of carbonyl (C=O) groups is 1. The van der Waals surface area contributed by atoms with E-state index in [1.54, 1.807) is 18.7 Å². The van der Waals surface area contributed by atoms with Gasteiger partial charge < -0.3 is 15.3 Å². The molecule has 0 unspecified atom stereocenters. The Labute approximate surface area is 163 Å². The largest absolute Gasteiger partial charge is 0.478 e. The number of benzene rings is 1. The Bertz CT molecular complexity index is 993. The van der Waals surface area contributed by atoms with Gasteiger partial charge in [-0.2, -0.15) is 0 Å². The normalized spacial score (nSPS) is 15.1. The number of hydrogen-bond donors (Lipinski definition) is 2. The van der Waals surface area contributed by atoms with Crippen LogP contribution in [0.25, 0.3) is 0 Å². The van der Waals surface area contributed by atoms with E-state index in [4.69, 9.17) is 0 Å². The fourth-order valence-corrected chi connectivity index (χ4v) is 3.68. The Hall–Kier alpha value is -3.48. The van der Waals surface area contributed by atoms with Crippen LogP contribution < -0.4 is 10.2 Å². The third-order valence-corrected chi connectivity index (χ3v) is 5.22. The molecule has 1 aliphatic rings. The molecule has 28 heavy (non-hydrogen) atoms. The van der Waals surface area contributed by atoms with E-state index in [2.05, 4.69) is 38.5 Å². The Morgan fingerprint density at radius 1 is 1.25 bits per heavy atom. The Morgan fingerprint density at radius 3 is 2.89 bits per heavy atom. The quantitative estimate of drug-likeness (QED) is 0.681. The molecule has 1 atom stereocenters. The van der Waals surface area contributed by atoms with Crippen LogP contribution >= 0.6 is 0 Å². The molecule has 0 aliphatic heterocycles. The second kappa shape index (κ2) is 7.64. The number of aromatic carboxylic acids is 1. The van der Waals surface area contributed by atoms with Gasteiger partial charge in [0.15, 0.2) is 0 Å². The second-order valence-electron chi connectivity index (χ2n) is 6.85. The molecule has 4 rings (SSSR count). The van der Waals surface area contributed by atoms with Crippen molar-refractivity contribution in [1.82, 2.24) is 15.0 Å². The maximum Gasteiger partial charge on any atom is 0.337 e. The average molecular weight is 375 g/mol. The number of anilines is 3. The minimum atomic E-state index is -0.950. The van der Waals surface area contributed by atoms with E-state index >= 15 is 0 Å². The number of rotatable bonds is 6. The number of carboxylic acid groups (broad SMARTS) is 1. The highest BCUT2D eigenvalue weighted by molar-refractivity contribution is 5.93. The van der Waals surface area contributed by atoms with E-state index in [1.165, 1.54) is 23.4 Å². The predicted molar refractivity (Wildman–Crippen MR) is 107 cm³/mol. The predicted octanol–water partition coefficient (Wildman–Crippen LogP) is 3.48. The van der Waals surface area contributed by atoms with E-state index in [1.807, 2.05) is 18.0 Å². The summed E-state index contributed by atoms with van der Waals surface area (Å²) in [7, 11) is 1.99. The van der Waals surface area contributed by atoms with E-state index in [9.17, 15) is 9.90 Å². The van der Waals surface area contributed by atoms with Crippen LogP contribution in [0.5, 0.6) is 0 Å². The first-order valence-electron chi connectivity index (χ1n) is 9.17. The van der Waals surface area contributed by atoms with Crippen molar-refractivity contribution in [2.75, 3.05) is 23.8 Å². The van der Waals surface area contributed by atoms with Gasteiger partial charge in [0.2, 0.25) is 0 Å². The van der Waals surface area contributed by atoms with Gasteiger partial charge in [-0.05, 0) is 48.2 Å². The zero-order valence-electron chi connectivity index (χ0n) is 15.5. The first-order valence-corrected chi connectivity index (χ1v) is 9.17. The summed E-state index contributed by atoms with van der Waals surface area (Å²) >= 11 is 0. The maximum atomic E-state index is 11.4. The van der Waals surface area contributed by atoms with Gasteiger partial charge in [-0.15, -0.1) is 0 Å². The van der Waals surface area contributed by atoms with Crippen molar-refractivity contribution in [3.8, 4) is 0 Å². The Morgan fingerprint density at radius 2 is 2.11 bits per heavy atom.